The van der Waals surface area contributed by atoms with Gasteiger partial charge in [0.25, 0.3) is 0 Å². The first-order chi connectivity index (χ1) is 10.7. The fourth-order valence-electron chi connectivity index (χ4n) is 3.58. The largest absolute Gasteiger partial charge is 0.384 e. The van der Waals surface area contributed by atoms with Gasteiger partial charge < -0.3 is 9.88 Å². The van der Waals surface area contributed by atoms with E-state index in [4.69, 9.17) is 0 Å². The van der Waals surface area contributed by atoms with Gasteiger partial charge in [-0.15, -0.1) is 22.6 Å². The zero-order valence-electron chi connectivity index (χ0n) is 13.7. The van der Waals surface area contributed by atoms with Crippen molar-refractivity contribution in [3.05, 3.63) is 41.0 Å². The molecule has 0 spiro atoms. The molecule has 5 nitrogen and oxygen atoms in total. The van der Waals surface area contributed by atoms with E-state index >= 15 is 0 Å². The predicted octanol–water partition coefficient (Wildman–Crippen LogP) is 2.81. The van der Waals surface area contributed by atoms with Crippen molar-refractivity contribution in [3.8, 4) is 0 Å². The third-order valence-corrected chi connectivity index (χ3v) is 4.70. The molecule has 0 saturated heterocycles. The topological polar surface area (TPSA) is 46.0 Å². The Hall–Kier alpha value is -1.59. The van der Waals surface area contributed by atoms with E-state index in [2.05, 4.69) is 57.0 Å². The Labute approximate surface area is 143 Å². The van der Waals surface area contributed by atoms with E-state index in [1.54, 1.807) is 0 Å². The molecule has 23 heavy (non-hydrogen) atoms. The van der Waals surface area contributed by atoms with Gasteiger partial charge in [0.15, 0.2) is 0 Å². The molecule has 0 saturated carbocycles. The summed E-state index contributed by atoms with van der Waals surface area (Å²) < 4.78 is 2.30. The number of fused-ring (bicyclic) bond motifs is 2. The molecular weight excluding hydrogens is 310 g/mol. The zero-order chi connectivity index (χ0) is 15.1. The van der Waals surface area contributed by atoms with Gasteiger partial charge in [-0.2, -0.15) is 0 Å². The lowest BCUT2D eigenvalue weighted by Crippen LogP contribution is -2.34. The van der Waals surface area contributed by atoms with Crippen LogP contribution in [0.2, 0.25) is 0 Å². The summed E-state index contributed by atoms with van der Waals surface area (Å²) >= 11 is 0. The molecule has 0 radical (unpaired) electrons. The van der Waals surface area contributed by atoms with Gasteiger partial charge in [-0.25, -0.2) is 0 Å². The maximum atomic E-state index is 4.40. The van der Waals surface area contributed by atoms with Crippen LogP contribution in [0.15, 0.2) is 18.2 Å². The normalized spacial score (nSPS) is 16.7. The molecule has 0 fully saturated rings. The lowest BCUT2D eigenvalue weighted by molar-refractivity contribution is 0.207. The van der Waals surface area contributed by atoms with Crippen LogP contribution in [-0.2, 0) is 26.1 Å². The highest BCUT2D eigenvalue weighted by atomic mass is 35.5. The number of anilines is 1. The molecule has 0 unspecified atom stereocenters. The van der Waals surface area contributed by atoms with Crippen LogP contribution in [0.5, 0.6) is 0 Å². The van der Waals surface area contributed by atoms with Crippen LogP contribution in [0.3, 0.4) is 0 Å². The van der Waals surface area contributed by atoms with E-state index in [0.29, 0.717) is 5.92 Å². The maximum absolute atomic E-state index is 4.40. The van der Waals surface area contributed by atoms with Crippen molar-refractivity contribution in [1.82, 2.24) is 19.7 Å². The van der Waals surface area contributed by atoms with Crippen molar-refractivity contribution in [1.29, 1.82) is 0 Å². The fourth-order valence-corrected chi connectivity index (χ4v) is 3.58. The molecule has 4 rings (SSSR count). The van der Waals surface area contributed by atoms with E-state index in [9.17, 15) is 0 Å². The number of nitrogens with zero attached hydrogens (tertiary/aromatic N) is 4. The molecule has 6 heteroatoms. The molecule has 0 aliphatic carbocycles. The van der Waals surface area contributed by atoms with Gasteiger partial charge in [0, 0.05) is 37.8 Å². The summed E-state index contributed by atoms with van der Waals surface area (Å²) in [4.78, 5) is 2.48. The van der Waals surface area contributed by atoms with E-state index in [1.165, 1.54) is 16.8 Å². The summed E-state index contributed by atoms with van der Waals surface area (Å²) in [6.45, 7) is 9.37. The fraction of sp³-hybridized carbons (Fsp3) is 0.529. The van der Waals surface area contributed by atoms with Crippen LogP contribution in [0.4, 0.5) is 5.69 Å². The van der Waals surface area contributed by atoms with Crippen molar-refractivity contribution in [2.75, 3.05) is 18.4 Å². The SMILES string of the molecule is CC(C)c1nnc2n1CCN(Cc1cccc3c1NCC3)C2.Cl. The van der Waals surface area contributed by atoms with Crippen LogP contribution in [-0.4, -0.2) is 32.8 Å². The second-order valence-corrected chi connectivity index (χ2v) is 6.62. The molecule has 1 aromatic carbocycles. The minimum absolute atomic E-state index is 0. The molecule has 2 aliphatic heterocycles. The minimum atomic E-state index is 0. The predicted molar refractivity (Wildman–Crippen MR) is 94.1 cm³/mol. The van der Waals surface area contributed by atoms with E-state index in [1.807, 2.05) is 0 Å². The molecule has 0 bridgehead atoms. The quantitative estimate of drug-likeness (QED) is 0.938. The standard InChI is InChI=1S/C17H23N5.ClH/c1-12(2)17-20-19-15-11-21(8-9-22(15)17)10-14-5-3-4-13-6-7-18-16(13)14;/h3-5,12,18H,6-11H2,1-2H3;1H. The number of rotatable bonds is 3. The summed E-state index contributed by atoms with van der Waals surface area (Å²) in [7, 11) is 0. The van der Waals surface area contributed by atoms with Gasteiger partial charge in [0.05, 0.1) is 6.54 Å². The average molecular weight is 334 g/mol. The van der Waals surface area contributed by atoms with E-state index in [-0.39, 0.29) is 12.4 Å². The van der Waals surface area contributed by atoms with Crippen molar-refractivity contribution >= 4 is 18.1 Å². The molecule has 2 aromatic rings. The lowest BCUT2D eigenvalue weighted by atomic mass is 10.1. The van der Waals surface area contributed by atoms with Crippen LogP contribution in [0, 0.1) is 0 Å². The molecule has 0 atom stereocenters. The molecule has 0 amide bonds. The number of halogens is 1. The Morgan fingerprint density at radius 3 is 2.91 bits per heavy atom. The number of aromatic nitrogens is 3. The Kier molecular flexibility index (Phi) is 4.60. The van der Waals surface area contributed by atoms with Gasteiger partial charge in [0.2, 0.25) is 0 Å². The summed E-state index contributed by atoms with van der Waals surface area (Å²) in [5, 5.41) is 12.3. The molecule has 3 heterocycles. The van der Waals surface area contributed by atoms with Crippen molar-refractivity contribution in [2.45, 2.75) is 45.8 Å². The molecule has 2 aliphatic rings. The number of benzene rings is 1. The van der Waals surface area contributed by atoms with Crippen molar-refractivity contribution in [3.63, 3.8) is 0 Å². The third kappa shape index (κ3) is 2.95. The highest BCUT2D eigenvalue weighted by Crippen LogP contribution is 2.28. The van der Waals surface area contributed by atoms with Gasteiger partial charge in [-0.05, 0) is 17.5 Å². The molecule has 1 aromatic heterocycles. The highest BCUT2D eigenvalue weighted by Gasteiger charge is 2.23. The first-order valence-electron chi connectivity index (χ1n) is 8.21. The number of nitrogens with one attached hydrogen (secondary N) is 1. The Morgan fingerprint density at radius 2 is 2.09 bits per heavy atom. The third-order valence-electron chi connectivity index (χ3n) is 4.70. The van der Waals surface area contributed by atoms with E-state index < -0.39 is 0 Å². The first kappa shape index (κ1) is 16.3. The Bertz CT molecular complexity index is 694. The summed E-state index contributed by atoms with van der Waals surface area (Å²) in [5.74, 6) is 2.67. The van der Waals surface area contributed by atoms with Crippen molar-refractivity contribution < 1.29 is 0 Å². The second-order valence-electron chi connectivity index (χ2n) is 6.62. The summed E-state index contributed by atoms with van der Waals surface area (Å²) in [6.07, 6.45) is 1.15. The van der Waals surface area contributed by atoms with Crippen LogP contribution < -0.4 is 5.32 Å². The van der Waals surface area contributed by atoms with E-state index in [0.717, 1.165) is 50.8 Å². The van der Waals surface area contributed by atoms with Crippen LogP contribution >= 0.6 is 12.4 Å². The summed E-state index contributed by atoms with van der Waals surface area (Å²) in [5.41, 5.74) is 4.23. The van der Waals surface area contributed by atoms with Gasteiger partial charge in [-0.3, -0.25) is 4.90 Å². The number of para-hydroxylation sites is 1. The molecule has 124 valence electrons. The van der Waals surface area contributed by atoms with Crippen LogP contribution in [0.25, 0.3) is 0 Å². The Balaban J connectivity index is 0.00000156. The lowest BCUT2D eigenvalue weighted by Gasteiger charge is -2.28. The maximum Gasteiger partial charge on any atom is 0.147 e. The smallest absolute Gasteiger partial charge is 0.147 e. The number of hydrogen-bond acceptors (Lipinski definition) is 4. The average Bonchev–Trinajstić information content (AvgIpc) is 3.13. The number of hydrogen-bond donors (Lipinski definition) is 1. The highest BCUT2D eigenvalue weighted by molar-refractivity contribution is 5.85. The first-order valence-corrected chi connectivity index (χ1v) is 8.21. The van der Waals surface area contributed by atoms with Gasteiger partial charge in [0.1, 0.15) is 11.6 Å². The van der Waals surface area contributed by atoms with Gasteiger partial charge >= 0.3 is 0 Å². The second kappa shape index (κ2) is 6.49. The minimum Gasteiger partial charge on any atom is -0.384 e. The molecule has 1 N–H and O–H groups in total. The molecular formula is C17H24ClN5. The van der Waals surface area contributed by atoms with Crippen LogP contribution in [0.1, 0.15) is 42.5 Å². The monoisotopic (exact) mass is 333 g/mol. The van der Waals surface area contributed by atoms with Crippen molar-refractivity contribution in [2.24, 2.45) is 0 Å². The Morgan fingerprint density at radius 1 is 1.22 bits per heavy atom. The summed E-state index contributed by atoms with van der Waals surface area (Å²) in [6, 6.07) is 6.67. The zero-order valence-corrected chi connectivity index (χ0v) is 14.6. The van der Waals surface area contributed by atoms with Gasteiger partial charge in [-0.1, -0.05) is 32.0 Å².